The van der Waals surface area contributed by atoms with Gasteiger partial charge in [0.2, 0.25) is 0 Å². The minimum absolute atomic E-state index is 0.0775. The first kappa shape index (κ1) is 22.8. The van der Waals surface area contributed by atoms with Crippen LogP contribution in [0.2, 0.25) is 0 Å². The molecule has 3 rings (SSSR count). The molecule has 1 unspecified atom stereocenters. The first-order valence-electron chi connectivity index (χ1n) is 10.5. The van der Waals surface area contributed by atoms with Crippen LogP contribution in [0.1, 0.15) is 17.2 Å². The van der Waals surface area contributed by atoms with Crippen LogP contribution in [0.4, 0.5) is 4.39 Å². The van der Waals surface area contributed by atoms with Crippen molar-refractivity contribution in [3.8, 4) is 11.5 Å². The van der Waals surface area contributed by atoms with Crippen LogP contribution in [0.15, 0.2) is 47.5 Å². The fourth-order valence-corrected chi connectivity index (χ4v) is 3.64. The van der Waals surface area contributed by atoms with Gasteiger partial charge < -0.3 is 25.2 Å². The molecule has 0 spiro atoms. The molecule has 3 N–H and O–H groups in total. The summed E-state index contributed by atoms with van der Waals surface area (Å²) in [5.74, 6) is 1.28. The Morgan fingerprint density at radius 3 is 2.58 bits per heavy atom. The molecule has 2 aromatic rings. The molecule has 1 heterocycles. The van der Waals surface area contributed by atoms with E-state index in [4.69, 9.17) is 9.47 Å². The van der Waals surface area contributed by atoms with Gasteiger partial charge in [-0.2, -0.15) is 0 Å². The summed E-state index contributed by atoms with van der Waals surface area (Å²) >= 11 is 0. The second kappa shape index (κ2) is 11.5. The monoisotopic (exact) mass is 430 g/mol. The number of halogens is 1. The Morgan fingerprint density at radius 2 is 1.94 bits per heavy atom. The Labute approximate surface area is 182 Å². The lowest BCUT2D eigenvalue weighted by Crippen LogP contribution is -2.46. The summed E-state index contributed by atoms with van der Waals surface area (Å²) < 4.78 is 24.0. The maximum Gasteiger partial charge on any atom is 0.191 e. The van der Waals surface area contributed by atoms with Crippen LogP contribution >= 0.6 is 0 Å². The number of nitrogens with zero attached hydrogens (tertiary/aromatic N) is 2. The number of nitrogens with one attached hydrogen (secondary N) is 2. The van der Waals surface area contributed by atoms with Gasteiger partial charge in [0.1, 0.15) is 17.3 Å². The summed E-state index contributed by atoms with van der Waals surface area (Å²) in [5.41, 5.74) is 1.88. The highest BCUT2D eigenvalue weighted by molar-refractivity contribution is 5.79. The van der Waals surface area contributed by atoms with E-state index in [2.05, 4.69) is 20.5 Å². The fraction of sp³-hybridized carbons (Fsp3) is 0.435. The normalized spacial score (nSPS) is 16.0. The summed E-state index contributed by atoms with van der Waals surface area (Å²) in [7, 11) is 3.30. The lowest BCUT2D eigenvalue weighted by atomic mass is 10.0. The van der Waals surface area contributed by atoms with Crippen LogP contribution in [0.3, 0.4) is 0 Å². The average Bonchev–Trinajstić information content (AvgIpc) is 2.80. The van der Waals surface area contributed by atoms with Crippen molar-refractivity contribution >= 4 is 5.96 Å². The third-order valence-corrected chi connectivity index (χ3v) is 5.41. The highest BCUT2D eigenvalue weighted by Gasteiger charge is 2.23. The second-order valence-electron chi connectivity index (χ2n) is 7.34. The lowest BCUT2D eigenvalue weighted by molar-refractivity contribution is 0.0170. The highest BCUT2D eigenvalue weighted by atomic mass is 19.1. The predicted molar refractivity (Wildman–Crippen MR) is 119 cm³/mol. The van der Waals surface area contributed by atoms with Gasteiger partial charge in [-0.1, -0.05) is 18.2 Å². The average molecular weight is 431 g/mol. The second-order valence-corrected chi connectivity index (χ2v) is 7.34. The van der Waals surface area contributed by atoms with E-state index in [-0.39, 0.29) is 17.6 Å². The number of morpholine rings is 1. The van der Waals surface area contributed by atoms with Gasteiger partial charge in [0.25, 0.3) is 0 Å². The van der Waals surface area contributed by atoms with Crippen molar-refractivity contribution in [2.24, 2.45) is 4.99 Å². The van der Waals surface area contributed by atoms with Gasteiger partial charge in [0.05, 0.1) is 26.4 Å². The molecular formula is C23H31FN4O3. The van der Waals surface area contributed by atoms with Crippen LogP contribution in [0.5, 0.6) is 11.5 Å². The van der Waals surface area contributed by atoms with Crippen molar-refractivity contribution in [2.75, 3.05) is 53.6 Å². The van der Waals surface area contributed by atoms with Crippen molar-refractivity contribution in [3.63, 3.8) is 0 Å². The number of hydrogen-bond acceptors (Lipinski definition) is 5. The van der Waals surface area contributed by atoms with Crippen LogP contribution in [-0.2, 0) is 11.2 Å². The number of methoxy groups -OCH3 is 1. The molecule has 1 aliphatic rings. The van der Waals surface area contributed by atoms with Crippen molar-refractivity contribution in [3.05, 3.63) is 59.4 Å². The van der Waals surface area contributed by atoms with E-state index >= 15 is 0 Å². The van der Waals surface area contributed by atoms with Gasteiger partial charge >= 0.3 is 0 Å². The number of phenols is 1. The van der Waals surface area contributed by atoms with Crippen LogP contribution in [-0.4, -0.2) is 69.5 Å². The third kappa shape index (κ3) is 6.57. The largest absolute Gasteiger partial charge is 0.508 e. The van der Waals surface area contributed by atoms with E-state index in [1.54, 1.807) is 20.2 Å². The van der Waals surface area contributed by atoms with Gasteiger partial charge in [-0.25, -0.2) is 4.39 Å². The lowest BCUT2D eigenvalue weighted by Gasteiger charge is -2.35. The Kier molecular flexibility index (Phi) is 8.49. The minimum atomic E-state index is -0.239. The van der Waals surface area contributed by atoms with Gasteiger partial charge in [-0.15, -0.1) is 0 Å². The summed E-state index contributed by atoms with van der Waals surface area (Å²) in [5, 5.41) is 16.8. The van der Waals surface area contributed by atoms with Crippen molar-refractivity contribution in [1.82, 2.24) is 15.5 Å². The van der Waals surface area contributed by atoms with Gasteiger partial charge in [-0.05, 0) is 35.7 Å². The molecular weight excluding hydrogens is 399 g/mol. The standard InChI is InChI=1S/C23H31FN4O3/c1-25-23(26-10-9-18-5-8-20(30-2)15-22(18)29)27-16-21(28-11-13-31-14-12-28)17-3-6-19(24)7-4-17/h3-8,15,21,29H,9-14,16H2,1-2H3,(H2,25,26,27). The van der Waals surface area contributed by atoms with Gasteiger partial charge in [0, 0.05) is 39.3 Å². The van der Waals surface area contributed by atoms with E-state index < -0.39 is 0 Å². The number of aliphatic imine (C=N–C) groups is 1. The van der Waals surface area contributed by atoms with Crippen LogP contribution in [0, 0.1) is 5.82 Å². The molecule has 1 aliphatic heterocycles. The molecule has 31 heavy (non-hydrogen) atoms. The molecule has 168 valence electrons. The quantitative estimate of drug-likeness (QED) is 0.441. The first-order chi connectivity index (χ1) is 15.1. The van der Waals surface area contributed by atoms with E-state index in [1.807, 2.05) is 24.3 Å². The van der Waals surface area contributed by atoms with Crippen LogP contribution < -0.4 is 15.4 Å². The zero-order chi connectivity index (χ0) is 22.1. The topological polar surface area (TPSA) is 78.4 Å². The number of aromatic hydroxyl groups is 1. The summed E-state index contributed by atoms with van der Waals surface area (Å²) in [6, 6.07) is 12.0. The smallest absolute Gasteiger partial charge is 0.191 e. The SMILES string of the molecule is CN=C(NCCc1ccc(OC)cc1O)NCC(c1ccc(F)cc1)N1CCOCC1. The minimum Gasteiger partial charge on any atom is -0.508 e. The molecule has 7 nitrogen and oxygen atoms in total. The molecule has 1 fully saturated rings. The number of benzene rings is 2. The molecule has 0 bridgehead atoms. The number of ether oxygens (including phenoxy) is 2. The number of rotatable bonds is 8. The maximum absolute atomic E-state index is 13.4. The maximum atomic E-state index is 13.4. The summed E-state index contributed by atoms with van der Waals surface area (Å²) in [6.07, 6.45) is 0.640. The molecule has 0 aliphatic carbocycles. The Hall–Kier alpha value is -2.84. The molecule has 0 amide bonds. The van der Waals surface area contributed by atoms with Crippen molar-refractivity contribution in [2.45, 2.75) is 12.5 Å². The molecule has 0 radical (unpaired) electrons. The summed E-state index contributed by atoms with van der Waals surface area (Å²) in [6.45, 7) is 4.27. The zero-order valence-corrected chi connectivity index (χ0v) is 18.1. The Bertz CT molecular complexity index is 854. The van der Waals surface area contributed by atoms with E-state index in [1.165, 1.54) is 12.1 Å². The van der Waals surface area contributed by atoms with Crippen LogP contribution in [0.25, 0.3) is 0 Å². The van der Waals surface area contributed by atoms with Gasteiger partial charge in [0.15, 0.2) is 5.96 Å². The molecule has 1 saturated heterocycles. The van der Waals surface area contributed by atoms with E-state index in [0.29, 0.717) is 44.4 Å². The van der Waals surface area contributed by atoms with Crippen molar-refractivity contribution < 1.29 is 19.0 Å². The third-order valence-electron chi connectivity index (χ3n) is 5.41. The predicted octanol–water partition coefficient (Wildman–Crippen LogP) is 2.32. The number of phenolic OH excluding ortho intramolecular Hbond substituents is 1. The van der Waals surface area contributed by atoms with E-state index in [0.717, 1.165) is 24.2 Å². The van der Waals surface area contributed by atoms with Crippen molar-refractivity contribution in [1.29, 1.82) is 0 Å². The molecule has 2 aromatic carbocycles. The molecule has 1 atom stereocenters. The highest BCUT2D eigenvalue weighted by Crippen LogP contribution is 2.24. The van der Waals surface area contributed by atoms with Gasteiger partial charge in [-0.3, -0.25) is 9.89 Å². The number of guanidine groups is 1. The first-order valence-corrected chi connectivity index (χ1v) is 10.5. The van der Waals surface area contributed by atoms with E-state index in [9.17, 15) is 9.50 Å². The fourth-order valence-electron chi connectivity index (χ4n) is 3.64. The Morgan fingerprint density at radius 1 is 1.19 bits per heavy atom. The zero-order valence-electron chi connectivity index (χ0n) is 18.1. The molecule has 8 heteroatoms. The Balaban J connectivity index is 1.56. The summed E-state index contributed by atoms with van der Waals surface area (Å²) in [4.78, 5) is 6.64. The number of hydrogen-bond donors (Lipinski definition) is 3. The molecule has 0 aromatic heterocycles. The molecule has 0 saturated carbocycles.